The van der Waals surface area contributed by atoms with Gasteiger partial charge in [-0.25, -0.2) is 4.79 Å². The molecule has 0 saturated heterocycles. The van der Waals surface area contributed by atoms with Gasteiger partial charge < -0.3 is 10.4 Å². The van der Waals surface area contributed by atoms with Crippen molar-refractivity contribution in [1.29, 1.82) is 0 Å². The topological polar surface area (TPSA) is 108 Å². The van der Waals surface area contributed by atoms with Crippen LogP contribution in [-0.2, 0) is 9.59 Å². The maximum atomic E-state index is 11.5. The second-order valence-electron chi connectivity index (χ2n) is 5.05. The number of carbonyl (C=O) groups is 3. The number of carboxylic acids is 1. The zero-order chi connectivity index (χ0) is 15.5. The van der Waals surface area contributed by atoms with Gasteiger partial charge in [0.05, 0.1) is 6.54 Å². The number of carboxylic acid groups (broad SMARTS) is 1. The van der Waals surface area contributed by atoms with Crippen LogP contribution in [0, 0.1) is 5.92 Å². The summed E-state index contributed by atoms with van der Waals surface area (Å²) in [6, 6.07) is -1.32. The highest BCUT2D eigenvalue weighted by Crippen LogP contribution is 1.96. The Hall–Kier alpha value is -1.63. The highest BCUT2D eigenvalue weighted by molar-refractivity contribution is 5.95. The molecular formula is C13H25N3O4. The second kappa shape index (κ2) is 10.2. The van der Waals surface area contributed by atoms with E-state index in [2.05, 4.69) is 16.0 Å². The minimum Gasteiger partial charge on any atom is -0.480 e. The van der Waals surface area contributed by atoms with Crippen molar-refractivity contribution < 1.29 is 19.5 Å². The summed E-state index contributed by atoms with van der Waals surface area (Å²) in [4.78, 5) is 33.7. The molecule has 1 unspecified atom stereocenters. The molecule has 7 heteroatoms. The van der Waals surface area contributed by atoms with E-state index in [1.165, 1.54) is 0 Å². The monoisotopic (exact) mass is 287 g/mol. The average molecular weight is 287 g/mol. The largest absolute Gasteiger partial charge is 0.480 e. The number of rotatable bonds is 9. The number of hydrogen-bond acceptors (Lipinski definition) is 4. The van der Waals surface area contributed by atoms with Crippen LogP contribution in [0.4, 0.5) is 4.79 Å². The van der Waals surface area contributed by atoms with Gasteiger partial charge in [0.15, 0.2) is 0 Å². The molecule has 0 rings (SSSR count). The fraction of sp³-hybridized carbons (Fsp3) is 0.769. The first-order valence-electron chi connectivity index (χ1n) is 6.90. The molecule has 7 nitrogen and oxygen atoms in total. The smallest absolute Gasteiger partial charge is 0.321 e. The van der Waals surface area contributed by atoms with E-state index in [0.29, 0.717) is 25.3 Å². The summed E-state index contributed by atoms with van der Waals surface area (Å²) in [6.45, 7) is 6.23. The summed E-state index contributed by atoms with van der Waals surface area (Å²) in [6.07, 6.45) is 1.96. The standard InChI is InChI=1S/C13H25N3O4/c1-4-5-10(12(18)19)15-8-11(17)16-13(20)14-7-6-9(2)3/h9-10,15H,4-8H2,1-3H3,(H,18,19)(H2,14,16,17,20). The number of aliphatic carboxylic acids is 1. The van der Waals surface area contributed by atoms with E-state index in [1.54, 1.807) is 0 Å². The first-order chi connectivity index (χ1) is 9.36. The third-order valence-corrected chi connectivity index (χ3v) is 2.64. The van der Waals surface area contributed by atoms with E-state index in [-0.39, 0.29) is 6.54 Å². The fourth-order valence-electron chi connectivity index (χ4n) is 1.51. The van der Waals surface area contributed by atoms with Gasteiger partial charge in [-0.2, -0.15) is 0 Å². The predicted octanol–water partition coefficient (Wildman–Crippen LogP) is 0.701. The summed E-state index contributed by atoms with van der Waals surface area (Å²) < 4.78 is 0. The van der Waals surface area contributed by atoms with E-state index < -0.39 is 23.9 Å². The van der Waals surface area contributed by atoms with Crippen LogP contribution >= 0.6 is 0 Å². The molecular weight excluding hydrogens is 262 g/mol. The predicted molar refractivity (Wildman–Crippen MR) is 75.3 cm³/mol. The number of nitrogens with one attached hydrogen (secondary N) is 3. The maximum absolute atomic E-state index is 11.5. The summed E-state index contributed by atoms with van der Waals surface area (Å²) in [5.74, 6) is -1.08. The Kier molecular flexibility index (Phi) is 9.36. The van der Waals surface area contributed by atoms with Crippen LogP contribution in [0.1, 0.15) is 40.0 Å². The lowest BCUT2D eigenvalue weighted by molar-refractivity contribution is -0.139. The van der Waals surface area contributed by atoms with Crippen LogP contribution in [0.5, 0.6) is 0 Å². The van der Waals surface area contributed by atoms with Gasteiger partial charge >= 0.3 is 12.0 Å². The van der Waals surface area contributed by atoms with Crippen LogP contribution in [0.3, 0.4) is 0 Å². The molecule has 0 aromatic carbocycles. The van der Waals surface area contributed by atoms with Crippen molar-refractivity contribution in [3.05, 3.63) is 0 Å². The summed E-state index contributed by atoms with van der Waals surface area (Å²) in [7, 11) is 0. The van der Waals surface area contributed by atoms with Crippen molar-refractivity contribution in [2.75, 3.05) is 13.1 Å². The molecule has 0 spiro atoms. The first kappa shape index (κ1) is 18.4. The lowest BCUT2D eigenvalue weighted by Crippen LogP contribution is -2.47. The highest BCUT2D eigenvalue weighted by Gasteiger charge is 2.17. The van der Waals surface area contributed by atoms with E-state index in [1.807, 2.05) is 20.8 Å². The van der Waals surface area contributed by atoms with Crippen molar-refractivity contribution in [3.63, 3.8) is 0 Å². The third-order valence-electron chi connectivity index (χ3n) is 2.64. The van der Waals surface area contributed by atoms with Gasteiger partial charge in [0, 0.05) is 6.54 Å². The number of urea groups is 1. The number of carbonyl (C=O) groups excluding carboxylic acids is 2. The molecule has 0 bridgehead atoms. The zero-order valence-corrected chi connectivity index (χ0v) is 12.4. The maximum Gasteiger partial charge on any atom is 0.321 e. The molecule has 3 amide bonds. The first-order valence-corrected chi connectivity index (χ1v) is 6.90. The Labute approximate surface area is 119 Å². The minimum atomic E-state index is -0.999. The minimum absolute atomic E-state index is 0.200. The van der Waals surface area contributed by atoms with Crippen molar-refractivity contribution in [2.24, 2.45) is 5.92 Å². The Morgan fingerprint density at radius 2 is 1.80 bits per heavy atom. The molecule has 0 fully saturated rings. The summed E-state index contributed by atoms with van der Waals surface area (Å²) >= 11 is 0. The van der Waals surface area contributed by atoms with Crippen molar-refractivity contribution in [1.82, 2.24) is 16.0 Å². The Morgan fingerprint density at radius 3 is 2.30 bits per heavy atom. The summed E-state index contributed by atoms with van der Waals surface area (Å²) in [5, 5.41) is 16.2. The second-order valence-corrected chi connectivity index (χ2v) is 5.05. The van der Waals surface area contributed by atoms with E-state index >= 15 is 0 Å². The molecule has 1 atom stereocenters. The molecule has 0 aliphatic carbocycles. The number of imide groups is 1. The van der Waals surface area contributed by atoms with Crippen LogP contribution < -0.4 is 16.0 Å². The molecule has 0 aromatic heterocycles. The fourth-order valence-corrected chi connectivity index (χ4v) is 1.51. The van der Waals surface area contributed by atoms with Gasteiger partial charge in [-0.1, -0.05) is 27.2 Å². The van der Waals surface area contributed by atoms with Gasteiger partial charge in [0.2, 0.25) is 5.91 Å². The van der Waals surface area contributed by atoms with Crippen molar-refractivity contribution in [2.45, 2.75) is 46.1 Å². The molecule has 0 saturated carbocycles. The third kappa shape index (κ3) is 9.32. The molecule has 0 aliphatic rings. The van der Waals surface area contributed by atoms with Gasteiger partial charge in [-0.15, -0.1) is 0 Å². The number of hydrogen-bond donors (Lipinski definition) is 4. The molecule has 116 valence electrons. The lowest BCUT2D eigenvalue weighted by Gasteiger charge is -2.13. The van der Waals surface area contributed by atoms with Crippen LogP contribution in [-0.4, -0.2) is 42.1 Å². The average Bonchev–Trinajstić information content (AvgIpc) is 2.33. The van der Waals surface area contributed by atoms with Gasteiger partial charge in [0.25, 0.3) is 0 Å². The van der Waals surface area contributed by atoms with Crippen LogP contribution in [0.15, 0.2) is 0 Å². The van der Waals surface area contributed by atoms with Gasteiger partial charge in [0.1, 0.15) is 6.04 Å². The normalized spacial score (nSPS) is 12.0. The lowest BCUT2D eigenvalue weighted by atomic mass is 10.1. The quantitative estimate of drug-likeness (QED) is 0.499. The highest BCUT2D eigenvalue weighted by atomic mass is 16.4. The molecule has 4 N–H and O–H groups in total. The van der Waals surface area contributed by atoms with Gasteiger partial charge in [-0.3, -0.25) is 20.2 Å². The molecule has 0 radical (unpaired) electrons. The van der Waals surface area contributed by atoms with Crippen molar-refractivity contribution in [3.8, 4) is 0 Å². The Balaban J connectivity index is 3.91. The van der Waals surface area contributed by atoms with E-state index in [4.69, 9.17) is 5.11 Å². The summed E-state index contributed by atoms with van der Waals surface area (Å²) in [5.41, 5.74) is 0. The van der Waals surface area contributed by atoms with E-state index in [9.17, 15) is 14.4 Å². The molecule has 0 heterocycles. The van der Waals surface area contributed by atoms with Crippen LogP contribution in [0.25, 0.3) is 0 Å². The zero-order valence-electron chi connectivity index (χ0n) is 12.4. The SMILES string of the molecule is CCCC(NCC(=O)NC(=O)NCCC(C)C)C(=O)O. The van der Waals surface area contributed by atoms with Crippen molar-refractivity contribution >= 4 is 17.9 Å². The van der Waals surface area contributed by atoms with Gasteiger partial charge in [-0.05, 0) is 18.8 Å². The number of amides is 3. The molecule has 0 aromatic rings. The van der Waals surface area contributed by atoms with Crippen LogP contribution in [0.2, 0.25) is 0 Å². The molecule has 0 aliphatic heterocycles. The Bertz CT molecular complexity index is 332. The van der Waals surface area contributed by atoms with E-state index in [0.717, 1.165) is 6.42 Å². The Morgan fingerprint density at radius 1 is 1.15 bits per heavy atom. The molecule has 20 heavy (non-hydrogen) atoms.